The SMILES string of the molecule is CC(C)(C)C[C@H](C(N)=O)C(CC(C)(C)F)NS(=O)(=O)c1ccc(Cl)cc1. The number of alkyl halides is 1. The van der Waals surface area contributed by atoms with Crippen molar-refractivity contribution in [3.63, 3.8) is 0 Å². The Bertz CT molecular complexity index is 722. The van der Waals surface area contributed by atoms with E-state index in [4.69, 9.17) is 17.3 Å². The molecule has 0 fully saturated rings. The Kier molecular flexibility index (Phi) is 7.24. The van der Waals surface area contributed by atoms with Crippen LogP contribution in [0.1, 0.15) is 47.5 Å². The Morgan fingerprint density at radius 2 is 1.65 bits per heavy atom. The number of halogens is 2. The number of primary amides is 1. The van der Waals surface area contributed by atoms with E-state index < -0.39 is 33.6 Å². The molecule has 1 rings (SSSR count). The largest absolute Gasteiger partial charge is 0.369 e. The summed E-state index contributed by atoms with van der Waals surface area (Å²) in [7, 11) is -3.97. The maximum absolute atomic E-state index is 14.3. The van der Waals surface area contributed by atoms with Crippen molar-refractivity contribution >= 4 is 27.5 Å². The molecule has 0 bridgehead atoms. The van der Waals surface area contributed by atoms with E-state index in [1.54, 1.807) is 0 Å². The Balaban J connectivity index is 3.23. The van der Waals surface area contributed by atoms with Crippen molar-refractivity contribution in [2.24, 2.45) is 17.1 Å². The first kappa shape index (κ1) is 22.9. The quantitative estimate of drug-likeness (QED) is 0.690. The van der Waals surface area contributed by atoms with Gasteiger partial charge in [0.15, 0.2) is 0 Å². The van der Waals surface area contributed by atoms with E-state index in [9.17, 15) is 17.6 Å². The van der Waals surface area contributed by atoms with Crippen molar-refractivity contribution in [3.05, 3.63) is 29.3 Å². The van der Waals surface area contributed by atoms with Crippen molar-refractivity contribution in [2.45, 2.75) is 64.1 Å². The molecule has 1 aromatic rings. The van der Waals surface area contributed by atoms with Gasteiger partial charge in [0.2, 0.25) is 15.9 Å². The topological polar surface area (TPSA) is 89.3 Å². The maximum Gasteiger partial charge on any atom is 0.240 e. The molecule has 1 amide bonds. The Morgan fingerprint density at radius 1 is 1.15 bits per heavy atom. The molecule has 2 atom stereocenters. The first-order valence-electron chi connectivity index (χ1n) is 8.37. The van der Waals surface area contributed by atoms with Crippen LogP contribution in [0.3, 0.4) is 0 Å². The summed E-state index contributed by atoms with van der Waals surface area (Å²) in [5, 5.41) is 0.396. The smallest absolute Gasteiger partial charge is 0.240 e. The van der Waals surface area contributed by atoms with Gasteiger partial charge < -0.3 is 5.73 Å². The number of sulfonamides is 1. The Labute approximate surface area is 160 Å². The van der Waals surface area contributed by atoms with E-state index in [1.165, 1.54) is 38.1 Å². The second-order valence-corrected chi connectivity index (χ2v) is 10.5. The third-order valence-electron chi connectivity index (χ3n) is 3.82. The normalized spacial score (nSPS) is 15.5. The molecule has 0 aliphatic carbocycles. The van der Waals surface area contributed by atoms with Gasteiger partial charge in [0.05, 0.1) is 10.8 Å². The number of nitrogens with two attached hydrogens (primary N) is 1. The van der Waals surface area contributed by atoms with Crippen LogP contribution in [0, 0.1) is 11.3 Å². The van der Waals surface area contributed by atoms with Crippen LogP contribution in [-0.4, -0.2) is 26.0 Å². The Hall–Kier alpha value is -1.18. The fourth-order valence-electron chi connectivity index (χ4n) is 2.77. The number of carbonyl (C=O) groups is 1. The van der Waals surface area contributed by atoms with Crippen LogP contribution in [0.25, 0.3) is 0 Å². The molecule has 1 unspecified atom stereocenters. The number of amides is 1. The monoisotopic (exact) mass is 406 g/mol. The molecule has 1 aromatic carbocycles. The summed E-state index contributed by atoms with van der Waals surface area (Å²) in [6, 6.07) is 4.64. The minimum atomic E-state index is -3.97. The summed E-state index contributed by atoms with van der Waals surface area (Å²) in [5.41, 5.74) is 3.56. The average Bonchev–Trinajstić information content (AvgIpc) is 2.41. The number of rotatable bonds is 8. The molecule has 8 heteroatoms. The summed E-state index contributed by atoms with van der Waals surface area (Å²) in [4.78, 5) is 12.0. The average molecular weight is 407 g/mol. The van der Waals surface area contributed by atoms with E-state index in [0.717, 1.165) is 0 Å². The highest BCUT2D eigenvalue weighted by molar-refractivity contribution is 7.89. The summed E-state index contributed by atoms with van der Waals surface area (Å²) < 4.78 is 42.2. The molecular weight excluding hydrogens is 379 g/mol. The number of nitrogens with one attached hydrogen (secondary N) is 1. The fourth-order valence-corrected chi connectivity index (χ4v) is 4.17. The van der Waals surface area contributed by atoms with Crippen molar-refractivity contribution in [3.8, 4) is 0 Å². The van der Waals surface area contributed by atoms with Gasteiger partial charge in [-0.1, -0.05) is 32.4 Å². The number of hydrogen-bond donors (Lipinski definition) is 2. The van der Waals surface area contributed by atoms with Gasteiger partial charge in [-0.2, -0.15) is 0 Å². The molecule has 0 saturated heterocycles. The molecular formula is C18H28ClFN2O3S. The van der Waals surface area contributed by atoms with Crippen LogP contribution >= 0.6 is 11.6 Å². The lowest BCUT2D eigenvalue weighted by atomic mass is 9.79. The molecule has 0 aliphatic heterocycles. The predicted octanol–water partition coefficient (Wildman–Crippen LogP) is 3.66. The van der Waals surface area contributed by atoms with Gasteiger partial charge in [0.1, 0.15) is 5.67 Å². The van der Waals surface area contributed by atoms with Gasteiger partial charge in [-0.3, -0.25) is 4.79 Å². The maximum atomic E-state index is 14.3. The van der Waals surface area contributed by atoms with Gasteiger partial charge in [0, 0.05) is 11.1 Å². The Morgan fingerprint density at radius 3 is 2.04 bits per heavy atom. The van der Waals surface area contributed by atoms with Crippen LogP contribution < -0.4 is 10.5 Å². The van der Waals surface area contributed by atoms with Crippen molar-refractivity contribution in [1.82, 2.24) is 4.72 Å². The fraction of sp³-hybridized carbons (Fsp3) is 0.611. The van der Waals surface area contributed by atoms with Crippen LogP contribution in [0.4, 0.5) is 4.39 Å². The molecule has 0 spiro atoms. The first-order chi connectivity index (χ1) is 11.6. The van der Waals surface area contributed by atoms with Gasteiger partial charge in [-0.05, 0) is 56.4 Å². The standard InChI is InChI=1S/C18H28ClFN2O3S/c1-17(2,3)10-14(16(21)23)15(11-18(4,5)20)22-26(24,25)13-8-6-12(19)7-9-13/h6-9,14-15,22H,10-11H2,1-5H3,(H2,21,23)/t14-,15?/m0/s1. The van der Waals surface area contributed by atoms with Crippen LogP contribution in [-0.2, 0) is 14.8 Å². The van der Waals surface area contributed by atoms with E-state index in [1.807, 2.05) is 20.8 Å². The molecule has 0 aliphatic rings. The molecule has 26 heavy (non-hydrogen) atoms. The van der Waals surface area contributed by atoms with E-state index in [-0.39, 0.29) is 16.7 Å². The lowest BCUT2D eigenvalue weighted by Gasteiger charge is -2.33. The third kappa shape index (κ3) is 7.60. The van der Waals surface area contributed by atoms with Gasteiger partial charge >= 0.3 is 0 Å². The van der Waals surface area contributed by atoms with E-state index in [0.29, 0.717) is 11.4 Å². The minimum Gasteiger partial charge on any atom is -0.369 e. The second-order valence-electron chi connectivity index (χ2n) is 8.38. The van der Waals surface area contributed by atoms with Gasteiger partial charge in [-0.15, -0.1) is 0 Å². The molecule has 0 radical (unpaired) electrons. The number of carbonyl (C=O) groups excluding carboxylic acids is 1. The summed E-state index contributed by atoms with van der Waals surface area (Å²) in [6.07, 6.45) is 0.149. The lowest BCUT2D eigenvalue weighted by molar-refractivity contribution is -0.123. The summed E-state index contributed by atoms with van der Waals surface area (Å²) in [6.45, 7) is 8.41. The van der Waals surface area contributed by atoms with Crippen molar-refractivity contribution in [2.75, 3.05) is 0 Å². The molecule has 0 saturated carbocycles. The molecule has 3 N–H and O–H groups in total. The highest BCUT2D eigenvalue weighted by Gasteiger charge is 2.37. The molecule has 5 nitrogen and oxygen atoms in total. The lowest BCUT2D eigenvalue weighted by Crippen LogP contribution is -2.49. The number of benzene rings is 1. The minimum absolute atomic E-state index is 0.0115. The summed E-state index contributed by atoms with van der Waals surface area (Å²) >= 11 is 5.79. The highest BCUT2D eigenvalue weighted by Crippen LogP contribution is 2.31. The second kappa shape index (κ2) is 8.23. The van der Waals surface area contributed by atoms with Crippen molar-refractivity contribution in [1.29, 1.82) is 0 Å². The van der Waals surface area contributed by atoms with Gasteiger partial charge in [0.25, 0.3) is 0 Å². The third-order valence-corrected chi connectivity index (χ3v) is 5.58. The van der Waals surface area contributed by atoms with Crippen molar-refractivity contribution < 1.29 is 17.6 Å². The zero-order chi connectivity index (χ0) is 20.3. The molecule has 0 aromatic heterocycles. The zero-order valence-corrected chi connectivity index (χ0v) is 17.4. The van der Waals surface area contributed by atoms with Crippen LogP contribution in [0.5, 0.6) is 0 Å². The predicted molar refractivity (Wildman–Crippen MR) is 102 cm³/mol. The summed E-state index contributed by atoms with van der Waals surface area (Å²) in [5.74, 6) is -1.50. The van der Waals surface area contributed by atoms with E-state index >= 15 is 0 Å². The molecule has 148 valence electrons. The zero-order valence-electron chi connectivity index (χ0n) is 15.8. The van der Waals surface area contributed by atoms with E-state index in [2.05, 4.69) is 4.72 Å². The van der Waals surface area contributed by atoms with Crippen LogP contribution in [0.2, 0.25) is 5.02 Å². The number of hydrogen-bond acceptors (Lipinski definition) is 3. The van der Waals surface area contributed by atoms with Gasteiger partial charge in [-0.25, -0.2) is 17.5 Å². The first-order valence-corrected chi connectivity index (χ1v) is 10.2. The highest BCUT2D eigenvalue weighted by atomic mass is 35.5. The van der Waals surface area contributed by atoms with Crippen LogP contribution in [0.15, 0.2) is 29.2 Å². The molecule has 0 heterocycles.